The number of piperidine rings is 4. The monoisotopic (exact) mass is 1320 g/mol. The summed E-state index contributed by atoms with van der Waals surface area (Å²) in [6, 6.07) is 41.7. The fourth-order valence-corrected chi connectivity index (χ4v) is 15.9. The third-order valence-electron chi connectivity index (χ3n) is 20.9. The van der Waals surface area contributed by atoms with Crippen molar-refractivity contribution >= 4 is 18.2 Å². The van der Waals surface area contributed by atoms with E-state index in [1.54, 1.807) is 4.90 Å². The van der Waals surface area contributed by atoms with Gasteiger partial charge in [-0.2, -0.15) is 0 Å². The molecule has 97 heavy (non-hydrogen) atoms. The molecular formula is C79H112N12O6. The summed E-state index contributed by atoms with van der Waals surface area (Å²) in [7, 11) is 0. The van der Waals surface area contributed by atoms with Crippen LogP contribution in [0.4, 0.5) is 14.4 Å². The standard InChI is InChI=1S/C42H60N6O4.C37H52N6O2/c1-41(2,3)37(38-43-35(32-18-12-8-13-19-32)29-46(38)26-31-16-10-7-11-17-31)48(28-33-27-47(30-36(33)49)40(51)52-42(4,5)6)39(50)45-24-20-34(21-25-45)44-22-14-9-15-23-44;1-37(2,3)34(35-39-32(29-15-9-5-10-16-29)27-42(35)25-28-13-7-4-8-14-28)43(26-30-23-38-24-33(30)44)36(45)41-21-17-31(18-22-41)40-19-11-6-12-20-40/h7-8,10-13,16-19,29,33-34,36-37,49H,9,14-15,20-28,30H2,1-6H3;4-5,7-10,13-16,27,30-31,33-34,38,44H,6,11-12,17-26H2,1-3H3/t33-,36+,37+;30-,33+,34+/m11/s1. The molecule has 0 unspecified atom stereocenters. The quantitative estimate of drug-likeness (QED) is 0.0842. The Morgan fingerprint density at radius 3 is 1.26 bits per heavy atom. The van der Waals surface area contributed by atoms with Crippen molar-refractivity contribution in [3.05, 3.63) is 156 Å². The van der Waals surface area contributed by atoms with Crippen molar-refractivity contribution in [3.8, 4) is 22.5 Å². The number of aliphatic hydroxyl groups excluding tert-OH is 2. The second kappa shape index (κ2) is 31.8. The fourth-order valence-electron chi connectivity index (χ4n) is 15.9. The zero-order valence-corrected chi connectivity index (χ0v) is 59.7. The summed E-state index contributed by atoms with van der Waals surface area (Å²) in [6.45, 7) is 30.1. The van der Waals surface area contributed by atoms with Crippen molar-refractivity contribution in [3.63, 3.8) is 0 Å². The van der Waals surface area contributed by atoms with Crippen molar-refractivity contribution in [2.24, 2.45) is 22.7 Å². The van der Waals surface area contributed by atoms with E-state index in [4.69, 9.17) is 14.7 Å². The molecule has 0 radical (unpaired) electrons. The molecule has 8 heterocycles. The number of ether oxygens (including phenoxy) is 1. The number of likely N-dealkylation sites (tertiary alicyclic amines) is 5. The van der Waals surface area contributed by atoms with E-state index in [1.807, 2.05) is 91.2 Å². The molecule has 6 aromatic rings. The van der Waals surface area contributed by atoms with Crippen LogP contribution in [0, 0.1) is 22.7 Å². The number of aromatic nitrogens is 4. The van der Waals surface area contributed by atoms with Gasteiger partial charge in [0.2, 0.25) is 0 Å². The number of hydrogen-bond acceptors (Lipinski definition) is 11. The van der Waals surface area contributed by atoms with Gasteiger partial charge in [0.1, 0.15) is 17.2 Å². The molecule has 0 saturated carbocycles. The van der Waals surface area contributed by atoms with Crippen LogP contribution in [0.15, 0.2) is 134 Å². The average molecular weight is 1330 g/mol. The van der Waals surface area contributed by atoms with Gasteiger partial charge in [0.05, 0.1) is 42.2 Å². The van der Waals surface area contributed by atoms with Crippen molar-refractivity contribution in [1.82, 2.24) is 58.7 Å². The Labute approximate surface area is 578 Å². The molecule has 6 saturated heterocycles. The minimum Gasteiger partial charge on any atom is -0.444 e. The zero-order chi connectivity index (χ0) is 68.4. The summed E-state index contributed by atoms with van der Waals surface area (Å²) >= 11 is 0. The van der Waals surface area contributed by atoms with E-state index in [9.17, 15) is 19.8 Å². The van der Waals surface area contributed by atoms with Crippen LogP contribution in [-0.4, -0.2) is 203 Å². The Hall–Kier alpha value is -7.09. The Morgan fingerprint density at radius 2 is 0.887 bits per heavy atom. The fraction of sp³-hybridized carbons (Fsp3) is 0.582. The van der Waals surface area contributed by atoms with Gasteiger partial charge in [-0.15, -0.1) is 0 Å². The lowest BCUT2D eigenvalue weighted by Gasteiger charge is -2.45. The molecule has 0 aliphatic carbocycles. The molecule has 0 bridgehead atoms. The molecule has 2 aromatic heterocycles. The highest BCUT2D eigenvalue weighted by atomic mass is 16.6. The third-order valence-corrected chi connectivity index (χ3v) is 20.9. The topological polar surface area (TPSA) is 171 Å². The van der Waals surface area contributed by atoms with Gasteiger partial charge in [0.15, 0.2) is 0 Å². The van der Waals surface area contributed by atoms with Gasteiger partial charge in [-0.3, -0.25) is 0 Å². The van der Waals surface area contributed by atoms with Crippen LogP contribution in [0.3, 0.4) is 0 Å². The maximum atomic E-state index is 15.1. The van der Waals surface area contributed by atoms with E-state index >= 15 is 4.79 Å². The summed E-state index contributed by atoms with van der Waals surface area (Å²) < 4.78 is 10.1. The van der Waals surface area contributed by atoms with Crippen LogP contribution in [0.5, 0.6) is 0 Å². The summed E-state index contributed by atoms with van der Waals surface area (Å²) in [5, 5.41) is 25.7. The first kappa shape index (κ1) is 71.2. The van der Waals surface area contributed by atoms with Crippen molar-refractivity contribution in [2.75, 3.05) is 91.6 Å². The van der Waals surface area contributed by atoms with E-state index in [0.29, 0.717) is 64.4 Å². The number of hydrogen-bond donors (Lipinski definition) is 3. The van der Waals surface area contributed by atoms with E-state index in [0.717, 1.165) is 91.6 Å². The number of β-amino-alcohol motifs (C(OH)–C–C–N with tert-alkyl or cyclic N) is 2. The summed E-state index contributed by atoms with van der Waals surface area (Å²) in [5.41, 5.74) is 4.79. The van der Waals surface area contributed by atoms with Gasteiger partial charge in [0.25, 0.3) is 0 Å². The maximum absolute atomic E-state index is 15.1. The second-order valence-electron chi connectivity index (χ2n) is 31.7. The Bertz CT molecular complexity index is 3450. The van der Waals surface area contributed by atoms with E-state index in [2.05, 4.69) is 149 Å². The first-order chi connectivity index (χ1) is 46.5. The molecule has 18 heteroatoms. The largest absolute Gasteiger partial charge is 0.444 e. The maximum Gasteiger partial charge on any atom is 0.410 e. The first-order valence-electron chi connectivity index (χ1n) is 36.5. The lowest BCUT2D eigenvalue weighted by molar-refractivity contribution is 0.0269. The minimum atomic E-state index is -0.794. The predicted octanol–water partition coefficient (Wildman–Crippen LogP) is 12.9. The highest BCUT2D eigenvalue weighted by Gasteiger charge is 2.47. The molecule has 6 aliphatic rings. The molecule has 4 aromatic carbocycles. The number of carbonyl (C=O) groups is 3. The number of urea groups is 2. The Morgan fingerprint density at radius 1 is 0.495 bits per heavy atom. The van der Waals surface area contributed by atoms with E-state index in [-0.39, 0.29) is 48.4 Å². The molecular weight excluding hydrogens is 1210 g/mol. The van der Waals surface area contributed by atoms with Gasteiger partial charge in [-0.25, -0.2) is 24.4 Å². The lowest BCUT2D eigenvalue weighted by atomic mass is 9.84. The molecule has 5 amide bonds. The Kier molecular flexibility index (Phi) is 23.4. The number of rotatable bonds is 16. The highest BCUT2D eigenvalue weighted by molar-refractivity contribution is 5.76. The summed E-state index contributed by atoms with van der Waals surface area (Å²) in [6.07, 6.45) is 14.2. The molecule has 6 atom stereocenters. The molecule has 524 valence electrons. The SMILES string of the molecule is CC(C)(C)OC(=O)N1C[C@H](CN(C(=O)N2CCC(N3CCCCC3)CC2)[C@@H](c2nc(-c3ccccc3)cn2Cc2ccccc2)C(C)(C)C)[C@@H](O)C1.CC(C)(C)[C@H](c1nc(-c2ccccc2)cn1Cc1ccccc1)N(C[C@H]1CNC[C@@H]1O)C(=O)N1CCC(N2CCCCC2)CC1. The molecule has 12 rings (SSSR count). The molecule has 0 spiro atoms. The second-order valence-corrected chi connectivity index (χ2v) is 31.7. The van der Waals surface area contributed by atoms with Gasteiger partial charge in [-0.1, -0.05) is 176 Å². The van der Waals surface area contributed by atoms with Gasteiger partial charge in [0, 0.05) is 119 Å². The number of amides is 5. The van der Waals surface area contributed by atoms with Crippen LogP contribution in [0.2, 0.25) is 0 Å². The van der Waals surface area contributed by atoms with Crippen LogP contribution < -0.4 is 5.32 Å². The van der Waals surface area contributed by atoms with E-state index < -0.39 is 35.4 Å². The number of benzene rings is 4. The van der Waals surface area contributed by atoms with Crippen LogP contribution >= 0.6 is 0 Å². The van der Waals surface area contributed by atoms with Crippen molar-refractivity contribution < 1.29 is 29.3 Å². The molecule has 6 fully saturated rings. The Balaban J connectivity index is 0.000000199. The highest BCUT2D eigenvalue weighted by Crippen LogP contribution is 2.43. The normalized spacial score (nSPS) is 21.8. The predicted molar refractivity (Wildman–Crippen MR) is 385 cm³/mol. The zero-order valence-electron chi connectivity index (χ0n) is 59.7. The lowest BCUT2D eigenvalue weighted by Crippen LogP contribution is -2.55. The van der Waals surface area contributed by atoms with Crippen molar-refractivity contribution in [2.45, 2.75) is 182 Å². The minimum absolute atomic E-state index is 0.0316. The molecule has 6 aliphatic heterocycles. The summed E-state index contributed by atoms with van der Waals surface area (Å²) in [5.74, 6) is 1.32. The van der Waals surface area contributed by atoms with Gasteiger partial charge >= 0.3 is 18.2 Å². The average Bonchev–Trinajstić information content (AvgIpc) is 1.69. The van der Waals surface area contributed by atoms with Crippen LogP contribution in [-0.2, 0) is 17.8 Å². The number of nitrogens with one attached hydrogen (secondary N) is 1. The smallest absolute Gasteiger partial charge is 0.410 e. The first-order valence-corrected chi connectivity index (χ1v) is 36.5. The molecule has 18 nitrogen and oxygen atoms in total. The van der Waals surface area contributed by atoms with Crippen LogP contribution in [0.1, 0.15) is 161 Å². The third kappa shape index (κ3) is 18.2. The summed E-state index contributed by atoms with van der Waals surface area (Å²) in [4.78, 5) is 68.7. The number of carbonyl (C=O) groups excluding carboxylic acids is 3. The molecule has 3 N–H and O–H groups in total. The number of imidazole rings is 2. The van der Waals surface area contributed by atoms with Crippen molar-refractivity contribution in [1.29, 1.82) is 0 Å². The number of nitrogens with zero attached hydrogens (tertiary/aromatic N) is 11. The van der Waals surface area contributed by atoms with Gasteiger partial charge < -0.3 is 63.7 Å². The van der Waals surface area contributed by atoms with E-state index in [1.165, 1.54) is 57.2 Å². The number of aliphatic hydroxyl groups is 2. The van der Waals surface area contributed by atoms with Crippen LogP contribution in [0.25, 0.3) is 22.5 Å². The van der Waals surface area contributed by atoms with Gasteiger partial charge in [-0.05, 0) is 120 Å².